The van der Waals surface area contributed by atoms with Crippen molar-refractivity contribution >= 4 is 5.97 Å². The molecule has 0 unspecified atom stereocenters. The third-order valence-corrected chi connectivity index (χ3v) is 1.55. The highest BCUT2D eigenvalue weighted by molar-refractivity contribution is 5.76. The number of nitriles is 1. The standard InChI is InChI=1S/C7H9NO2/c1-2-10-7(9)6-3-5(6)4-8/h5-6H,2-3H2,1H3/t5-,6+/m1/s1. The van der Waals surface area contributed by atoms with E-state index in [2.05, 4.69) is 0 Å². The van der Waals surface area contributed by atoms with Crippen molar-refractivity contribution in [1.29, 1.82) is 5.26 Å². The van der Waals surface area contributed by atoms with Crippen LogP contribution < -0.4 is 0 Å². The van der Waals surface area contributed by atoms with E-state index in [-0.39, 0.29) is 17.8 Å². The van der Waals surface area contributed by atoms with E-state index in [1.165, 1.54) is 0 Å². The predicted octanol–water partition coefficient (Wildman–Crippen LogP) is 0.709. The van der Waals surface area contributed by atoms with Gasteiger partial charge in [0.1, 0.15) is 0 Å². The van der Waals surface area contributed by atoms with E-state index in [0.717, 1.165) is 0 Å². The highest BCUT2D eigenvalue weighted by atomic mass is 16.5. The van der Waals surface area contributed by atoms with E-state index in [1.54, 1.807) is 6.92 Å². The summed E-state index contributed by atoms with van der Waals surface area (Å²) in [6, 6.07) is 2.03. The molecule has 0 heterocycles. The molecular formula is C7H9NO2. The van der Waals surface area contributed by atoms with Gasteiger partial charge in [-0.3, -0.25) is 4.79 Å². The number of carbonyl (C=O) groups excluding carboxylic acids is 1. The second-order valence-electron chi connectivity index (χ2n) is 2.33. The fourth-order valence-corrected chi connectivity index (χ4v) is 0.847. The molecule has 1 aliphatic rings. The average Bonchev–Trinajstić information content (AvgIpc) is 2.66. The lowest BCUT2D eigenvalue weighted by molar-refractivity contribution is -0.144. The van der Waals surface area contributed by atoms with Gasteiger partial charge >= 0.3 is 5.97 Å². The smallest absolute Gasteiger partial charge is 0.310 e. The molecule has 0 spiro atoms. The van der Waals surface area contributed by atoms with Crippen LogP contribution in [0.1, 0.15) is 13.3 Å². The molecule has 0 aliphatic heterocycles. The number of nitrogens with zero attached hydrogens (tertiary/aromatic N) is 1. The lowest BCUT2D eigenvalue weighted by Crippen LogP contribution is -2.06. The van der Waals surface area contributed by atoms with Crippen LogP contribution >= 0.6 is 0 Å². The van der Waals surface area contributed by atoms with Gasteiger partial charge in [0.2, 0.25) is 0 Å². The predicted molar refractivity (Wildman–Crippen MR) is 33.8 cm³/mol. The Bertz CT molecular complexity index is 183. The fourth-order valence-electron chi connectivity index (χ4n) is 0.847. The van der Waals surface area contributed by atoms with Crippen molar-refractivity contribution in [2.75, 3.05) is 6.61 Å². The Morgan fingerprint density at radius 2 is 2.60 bits per heavy atom. The molecule has 0 N–H and O–H groups in total. The first-order chi connectivity index (χ1) is 4.79. The quantitative estimate of drug-likeness (QED) is 0.529. The largest absolute Gasteiger partial charge is 0.466 e. The van der Waals surface area contributed by atoms with Crippen LogP contribution in [0, 0.1) is 23.2 Å². The zero-order valence-corrected chi connectivity index (χ0v) is 5.83. The van der Waals surface area contributed by atoms with Crippen molar-refractivity contribution in [3.8, 4) is 6.07 Å². The van der Waals surface area contributed by atoms with Crippen molar-refractivity contribution in [3.05, 3.63) is 0 Å². The first-order valence-corrected chi connectivity index (χ1v) is 3.35. The van der Waals surface area contributed by atoms with Crippen LogP contribution in [0.2, 0.25) is 0 Å². The Labute approximate surface area is 59.6 Å². The zero-order valence-electron chi connectivity index (χ0n) is 5.83. The molecule has 3 heteroatoms. The molecule has 1 saturated carbocycles. The van der Waals surface area contributed by atoms with Crippen molar-refractivity contribution in [3.63, 3.8) is 0 Å². The van der Waals surface area contributed by atoms with Crippen LogP contribution in [0.4, 0.5) is 0 Å². The van der Waals surface area contributed by atoms with Gasteiger partial charge in [-0.05, 0) is 13.3 Å². The Kier molecular flexibility index (Phi) is 1.91. The van der Waals surface area contributed by atoms with Crippen molar-refractivity contribution < 1.29 is 9.53 Å². The molecule has 1 rings (SSSR count). The van der Waals surface area contributed by atoms with Gasteiger partial charge < -0.3 is 4.74 Å². The van der Waals surface area contributed by atoms with Gasteiger partial charge in [-0.25, -0.2) is 0 Å². The van der Waals surface area contributed by atoms with Gasteiger partial charge in [0.05, 0.1) is 24.5 Å². The summed E-state index contributed by atoms with van der Waals surface area (Å²) in [7, 11) is 0. The second-order valence-corrected chi connectivity index (χ2v) is 2.33. The van der Waals surface area contributed by atoms with Crippen LogP contribution in [0.5, 0.6) is 0 Å². The number of ether oxygens (including phenoxy) is 1. The summed E-state index contributed by atoms with van der Waals surface area (Å²) in [6.45, 7) is 2.18. The molecule has 0 radical (unpaired) electrons. The van der Waals surface area contributed by atoms with E-state index < -0.39 is 0 Å². The molecule has 10 heavy (non-hydrogen) atoms. The van der Waals surface area contributed by atoms with E-state index in [0.29, 0.717) is 13.0 Å². The van der Waals surface area contributed by atoms with Crippen molar-refractivity contribution in [1.82, 2.24) is 0 Å². The number of carbonyl (C=O) groups is 1. The Morgan fingerprint density at radius 1 is 1.90 bits per heavy atom. The monoisotopic (exact) mass is 139 g/mol. The summed E-state index contributed by atoms with van der Waals surface area (Å²) in [4.78, 5) is 10.8. The number of rotatable bonds is 2. The number of hydrogen-bond acceptors (Lipinski definition) is 3. The van der Waals surface area contributed by atoms with Gasteiger partial charge in [0, 0.05) is 0 Å². The van der Waals surface area contributed by atoms with E-state index in [1.807, 2.05) is 6.07 Å². The van der Waals surface area contributed by atoms with Gasteiger partial charge in [-0.1, -0.05) is 0 Å². The molecule has 1 aliphatic carbocycles. The maximum atomic E-state index is 10.8. The molecule has 0 aromatic carbocycles. The van der Waals surface area contributed by atoms with Crippen LogP contribution in [-0.2, 0) is 9.53 Å². The number of esters is 1. The van der Waals surface area contributed by atoms with Crippen molar-refractivity contribution in [2.45, 2.75) is 13.3 Å². The van der Waals surface area contributed by atoms with Crippen LogP contribution in [0.25, 0.3) is 0 Å². The third-order valence-electron chi connectivity index (χ3n) is 1.55. The Hall–Kier alpha value is -1.04. The van der Waals surface area contributed by atoms with Crippen molar-refractivity contribution in [2.24, 2.45) is 11.8 Å². The molecular weight excluding hydrogens is 130 g/mol. The Balaban J connectivity index is 2.27. The molecule has 0 saturated heterocycles. The summed E-state index contributed by atoms with van der Waals surface area (Å²) in [5, 5.41) is 8.34. The van der Waals surface area contributed by atoms with Gasteiger partial charge in [-0.2, -0.15) is 5.26 Å². The molecule has 3 nitrogen and oxygen atoms in total. The first-order valence-electron chi connectivity index (χ1n) is 3.35. The molecule has 2 atom stereocenters. The van der Waals surface area contributed by atoms with Crippen LogP contribution in [0.3, 0.4) is 0 Å². The van der Waals surface area contributed by atoms with E-state index in [4.69, 9.17) is 10.00 Å². The highest BCUT2D eigenvalue weighted by Gasteiger charge is 2.44. The SMILES string of the molecule is CCOC(=O)[C@H]1C[C@@H]1C#N. The maximum Gasteiger partial charge on any atom is 0.310 e. The van der Waals surface area contributed by atoms with E-state index >= 15 is 0 Å². The molecule has 0 aromatic rings. The zero-order chi connectivity index (χ0) is 7.56. The molecule has 0 amide bonds. The molecule has 0 aromatic heterocycles. The minimum Gasteiger partial charge on any atom is -0.466 e. The normalized spacial score (nSPS) is 28.8. The average molecular weight is 139 g/mol. The van der Waals surface area contributed by atoms with E-state index in [9.17, 15) is 4.79 Å². The first kappa shape index (κ1) is 7.07. The summed E-state index contributed by atoms with van der Waals surface area (Å²) >= 11 is 0. The van der Waals surface area contributed by atoms with Gasteiger partial charge in [0.25, 0.3) is 0 Å². The van der Waals surface area contributed by atoms with Gasteiger partial charge in [0.15, 0.2) is 0 Å². The van der Waals surface area contributed by atoms with Gasteiger partial charge in [-0.15, -0.1) is 0 Å². The second kappa shape index (κ2) is 2.70. The highest BCUT2D eigenvalue weighted by Crippen LogP contribution is 2.38. The lowest BCUT2D eigenvalue weighted by Gasteiger charge is -1.96. The molecule has 1 fully saturated rings. The minimum atomic E-state index is -0.214. The summed E-state index contributed by atoms with van der Waals surface area (Å²) in [6.07, 6.45) is 0.690. The maximum absolute atomic E-state index is 10.8. The summed E-state index contributed by atoms with van der Waals surface area (Å²) in [5.74, 6) is -0.405. The van der Waals surface area contributed by atoms with Crippen LogP contribution in [0.15, 0.2) is 0 Å². The minimum absolute atomic E-state index is 0.0703. The lowest BCUT2D eigenvalue weighted by atomic mass is 10.3. The fraction of sp³-hybridized carbons (Fsp3) is 0.714. The molecule has 54 valence electrons. The topological polar surface area (TPSA) is 50.1 Å². The third kappa shape index (κ3) is 1.27. The Morgan fingerprint density at radius 3 is 3.00 bits per heavy atom. The number of hydrogen-bond donors (Lipinski definition) is 0. The summed E-state index contributed by atoms with van der Waals surface area (Å²) < 4.78 is 4.71. The molecule has 0 bridgehead atoms. The van der Waals surface area contributed by atoms with Crippen LogP contribution in [-0.4, -0.2) is 12.6 Å². The summed E-state index contributed by atoms with van der Waals surface area (Å²) in [5.41, 5.74) is 0.